The SMILES string of the molecule is Cc1ccnc2nc(C3COCCN3)[nH]c12. The van der Waals surface area contributed by atoms with Gasteiger partial charge < -0.3 is 15.0 Å². The van der Waals surface area contributed by atoms with Crippen LogP contribution in [0.1, 0.15) is 17.4 Å². The van der Waals surface area contributed by atoms with Crippen LogP contribution in [0, 0.1) is 6.92 Å². The van der Waals surface area contributed by atoms with Gasteiger partial charge in [-0.2, -0.15) is 0 Å². The highest BCUT2D eigenvalue weighted by atomic mass is 16.5. The first kappa shape index (κ1) is 9.74. The van der Waals surface area contributed by atoms with E-state index in [0.29, 0.717) is 6.61 Å². The summed E-state index contributed by atoms with van der Waals surface area (Å²) in [5.41, 5.74) is 2.97. The van der Waals surface area contributed by atoms with Crippen LogP contribution in [0.2, 0.25) is 0 Å². The fourth-order valence-electron chi connectivity index (χ4n) is 1.96. The van der Waals surface area contributed by atoms with Crippen molar-refractivity contribution >= 4 is 11.2 Å². The normalized spacial score (nSPS) is 21.4. The lowest BCUT2D eigenvalue weighted by Crippen LogP contribution is -2.35. The maximum Gasteiger partial charge on any atom is 0.178 e. The number of imidazole rings is 1. The van der Waals surface area contributed by atoms with Crippen molar-refractivity contribution in [2.45, 2.75) is 13.0 Å². The first-order chi connectivity index (χ1) is 7.84. The van der Waals surface area contributed by atoms with Crippen LogP contribution in [0.25, 0.3) is 11.2 Å². The predicted octanol–water partition coefficient (Wildman–Crippen LogP) is 0.927. The maximum atomic E-state index is 5.42. The van der Waals surface area contributed by atoms with Crippen LogP contribution in [0.4, 0.5) is 0 Å². The van der Waals surface area contributed by atoms with Gasteiger partial charge in [-0.3, -0.25) is 0 Å². The number of aromatic nitrogens is 3. The van der Waals surface area contributed by atoms with E-state index in [1.54, 1.807) is 6.20 Å². The molecule has 16 heavy (non-hydrogen) atoms. The lowest BCUT2D eigenvalue weighted by molar-refractivity contribution is 0.0746. The van der Waals surface area contributed by atoms with Crippen molar-refractivity contribution < 1.29 is 4.74 Å². The number of nitrogens with one attached hydrogen (secondary N) is 2. The summed E-state index contributed by atoms with van der Waals surface area (Å²) >= 11 is 0. The number of morpholine rings is 1. The van der Waals surface area contributed by atoms with Crippen molar-refractivity contribution in [3.05, 3.63) is 23.7 Å². The molecule has 2 N–H and O–H groups in total. The summed E-state index contributed by atoms with van der Waals surface area (Å²) in [5.74, 6) is 0.913. The second-order valence-electron chi connectivity index (χ2n) is 4.03. The van der Waals surface area contributed by atoms with Gasteiger partial charge in [0, 0.05) is 12.7 Å². The smallest absolute Gasteiger partial charge is 0.178 e. The molecule has 1 unspecified atom stereocenters. The molecule has 0 bridgehead atoms. The van der Waals surface area contributed by atoms with Crippen LogP contribution >= 0.6 is 0 Å². The van der Waals surface area contributed by atoms with Crippen LogP contribution in [0.5, 0.6) is 0 Å². The minimum atomic E-state index is 0.155. The summed E-state index contributed by atoms with van der Waals surface area (Å²) in [6.07, 6.45) is 1.78. The summed E-state index contributed by atoms with van der Waals surface area (Å²) < 4.78 is 5.42. The van der Waals surface area contributed by atoms with E-state index in [4.69, 9.17) is 4.74 Å². The molecule has 3 heterocycles. The molecule has 0 radical (unpaired) electrons. The third-order valence-electron chi connectivity index (χ3n) is 2.87. The van der Waals surface area contributed by atoms with Gasteiger partial charge in [0.15, 0.2) is 5.65 Å². The second-order valence-corrected chi connectivity index (χ2v) is 4.03. The molecule has 0 saturated carbocycles. The molecule has 1 fully saturated rings. The number of hydrogen-bond acceptors (Lipinski definition) is 4. The molecule has 5 heteroatoms. The van der Waals surface area contributed by atoms with Gasteiger partial charge in [0.1, 0.15) is 5.82 Å². The molecule has 0 amide bonds. The van der Waals surface area contributed by atoms with Crippen molar-refractivity contribution in [2.75, 3.05) is 19.8 Å². The fourth-order valence-corrected chi connectivity index (χ4v) is 1.96. The Balaban J connectivity index is 2.01. The molecule has 2 aromatic heterocycles. The van der Waals surface area contributed by atoms with Gasteiger partial charge in [0.05, 0.1) is 24.8 Å². The molecule has 0 aliphatic carbocycles. The molecule has 2 aromatic rings. The topological polar surface area (TPSA) is 62.8 Å². The summed E-state index contributed by atoms with van der Waals surface area (Å²) in [7, 11) is 0. The molecular weight excluding hydrogens is 204 g/mol. The lowest BCUT2D eigenvalue weighted by atomic mass is 10.2. The zero-order chi connectivity index (χ0) is 11.0. The quantitative estimate of drug-likeness (QED) is 0.747. The largest absolute Gasteiger partial charge is 0.378 e. The lowest BCUT2D eigenvalue weighted by Gasteiger charge is -2.21. The molecule has 0 spiro atoms. The van der Waals surface area contributed by atoms with E-state index in [9.17, 15) is 0 Å². The van der Waals surface area contributed by atoms with Crippen molar-refractivity contribution in [2.24, 2.45) is 0 Å². The van der Waals surface area contributed by atoms with E-state index in [1.165, 1.54) is 5.56 Å². The van der Waals surface area contributed by atoms with Gasteiger partial charge in [0.2, 0.25) is 0 Å². The van der Waals surface area contributed by atoms with Crippen LogP contribution < -0.4 is 5.32 Å². The summed E-state index contributed by atoms with van der Waals surface area (Å²) in [4.78, 5) is 12.1. The van der Waals surface area contributed by atoms with Crippen LogP contribution in [0.15, 0.2) is 12.3 Å². The Morgan fingerprint density at radius 3 is 3.19 bits per heavy atom. The Morgan fingerprint density at radius 1 is 1.50 bits per heavy atom. The zero-order valence-corrected chi connectivity index (χ0v) is 9.16. The van der Waals surface area contributed by atoms with Crippen LogP contribution in [0.3, 0.4) is 0 Å². The fraction of sp³-hybridized carbons (Fsp3) is 0.455. The van der Waals surface area contributed by atoms with Crippen LogP contribution in [-0.2, 0) is 4.74 Å². The Bertz CT molecular complexity index is 502. The molecule has 1 aliphatic heterocycles. The monoisotopic (exact) mass is 218 g/mol. The Kier molecular flexibility index (Phi) is 2.34. The molecule has 1 saturated heterocycles. The van der Waals surface area contributed by atoms with Gasteiger partial charge in [-0.05, 0) is 18.6 Å². The van der Waals surface area contributed by atoms with E-state index in [-0.39, 0.29) is 6.04 Å². The number of aryl methyl sites for hydroxylation is 1. The third kappa shape index (κ3) is 1.58. The molecule has 84 valence electrons. The molecule has 3 rings (SSSR count). The maximum absolute atomic E-state index is 5.42. The van der Waals surface area contributed by atoms with Gasteiger partial charge >= 0.3 is 0 Å². The average molecular weight is 218 g/mol. The van der Waals surface area contributed by atoms with Crippen molar-refractivity contribution in [3.8, 4) is 0 Å². The number of pyridine rings is 1. The summed E-state index contributed by atoms with van der Waals surface area (Å²) in [5, 5.41) is 3.37. The van der Waals surface area contributed by atoms with Gasteiger partial charge in [-0.15, -0.1) is 0 Å². The van der Waals surface area contributed by atoms with E-state index in [0.717, 1.165) is 30.1 Å². The van der Waals surface area contributed by atoms with Crippen molar-refractivity contribution in [3.63, 3.8) is 0 Å². The number of fused-ring (bicyclic) bond motifs is 1. The Morgan fingerprint density at radius 2 is 2.44 bits per heavy atom. The van der Waals surface area contributed by atoms with Crippen molar-refractivity contribution in [1.82, 2.24) is 20.3 Å². The molecule has 0 aromatic carbocycles. The minimum absolute atomic E-state index is 0.155. The average Bonchev–Trinajstić information content (AvgIpc) is 2.76. The Hall–Kier alpha value is -1.46. The molecule has 1 aliphatic rings. The van der Waals surface area contributed by atoms with E-state index >= 15 is 0 Å². The van der Waals surface area contributed by atoms with Gasteiger partial charge in [-0.1, -0.05) is 0 Å². The third-order valence-corrected chi connectivity index (χ3v) is 2.87. The number of nitrogens with zero attached hydrogens (tertiary/aromatic N) is 2. The highest BCUT2D eigenvalue weighted by Crippen LogP contribution is 2.18. The first-order valence-electron chi connectivity index (χ1n) is 5.47. The standard InChI is InChI=1S/C11H14N4O/c1-7-2-3-13-11-9(7)14-10(15-11)8-6-16-5-4-12-8/h2-3,8,12H,4-6H2,1H3,(H,13,14,15). The van der Waals surface area contributed by atoms with Crippen molar-refractivity contribution in [1.29, 1.82) is 0 Å². The molecule has 5 nitrogen and oxygen atoms in total. The summed E-state index contributed by atoms with van der Waals surface area (Å²) in [6.45, 7) is 4.36. The second kappa shape index (κ2) is 3.84. The highest BCUT2D eigenvalue weighted by molar-refractivity contribution is 5.74. The minimum Gasteiger partial charge on any atom is -0.378 e. The number of aromatic amines is 1. The molecule has 1 atom stereocenters. The zero-order valence-electron chi connectivity index (χ0n) is 9.16. The first-order valence-corrected chi connectivity index (χ1v) is 5.47. The summed E-state index contributed by atoms with van der Waals surface area (Å²) in [6, 6.07) is 2.14. The number of rotatable bonds is 1. The molecular formula is C11H14N4O. The predicted molar refractivity (Wildman–Crippen MR) is 60.2 cm³/mol. The number of ether oxygens (including phenoxy) is 1. The van der Waals surface area contributed by atoms with E-state index in [1.807, 2.05) is 6.07 Å². The Labute approximate surface area is 93.2 Å². The van der Waals surface area contributed by atoms with Gasteiger partial charge in [-0.25, -0.2) is 9.97 Å². The highest BCUT2D eigenvalue weighted by Gasteiger charge is 2.19. The number of hydrogen-bond donors (Lipinski definition) is 2. The van der Waals surface area contributed by atoms with E-state index in [2.05, 4.69) is 27.2 Å². The van der Waals surface area contributed by atoms with E-state index < -0.39 is 0 Å². The number of H-pyrrole nitrogens is 1. The van der Waals surface area contributed by atoms with Crippen LogP contribution in [-0.4, -0.2) is 34.7 Å². The van der Waals surface area contributed by atoms with Gasteiger partial charge in [0.25, 0.3) is 0 Å².